The van der Waals surface area contributed by atoms with E-state index in [0.29, 0.717) is 27.3 Å². The Morgan fingerprint density at radius 3 is 2.79 bits per heavy atom. The molecule has 1 N–H and O–H groups in total. The number of fused-ring (bicyclic) bond motifs is 1. The molecule has 0 spiro atoms. The first-order valence-electron chi connectivity index (χ1n) is 7.29. The van der Waals surface area contributed by atoms with E-state index in [0.717, 1.165) is 5.56 Å². The van der Waals surface area contributed by atoms with Crippen molar-refractivity contribution in [3.8, 4) is 17.2 Å². The summed E-state index contributed by atoms with van der Waals surface area (Å²) in [7, 11) is 0. The SMILES string of the molecule is CC(NC(=O)COc1ccc(Cl)cc1Cl)c1ccc2c(c1)OCO2. The summed E-state index contributed by atoms with van der Waals surface area (Å²) in [5, 5.41) is 3.73. The Hall–Kier alpha value is -2.11. The highest BCUT2D eigenvalue weighted by Crippen LogP contribution is 2.34. The van der Waals surface area contributed by atoms with Crippen molar-refractivity contribution >= 4 is 29.1 Å². The van der Waals surface area contributed by atoms with Crippen LogP contribution in [0.4, 0.5) is 0 Å². The molecule has 0 radical (unpaired) electrons. The topological polar surface area (TPSA) is 56.8 Å². The summed E-state index contributed by atoms with van der Waals surface area (Å²) in [5.74, 6) is 1.54. The number of hydrogen-bond acceptors (Lipinski definition) is 4. The number of carbonyl (C=O) groups is 1. The monoisotopic (exact) mass is 367 g/mol. The van der Waals surface area contributed by atoms with Crippen LogP contribution in [0.2, 0.25) is 10.0 Å². The van der Waals surface area contributed by atoms with E-state index >= 15 is 0 Å². The molecule has 1 atom stereocenters. The molecule has 1 amide bonds. The summed E-state index contributed by atoms with van der Waals surface area (Å²) in [6.45, 7) is 1.95. The average Bonchev–Trinajstić information content (AvgIpc) is 3.01. The maximum absolute atomic E-state index is 12.1. The normalized spacial score (nSPS) is 13.5. The fourth-order valence-electron chi connectivity index (χ4n) is 2.28. The van der Waals surface area contributed by atoms with Crippen LogP contribution in [0.3, 0.4) is 0 Å². The van der Waals surface area contributed by atoms with Crippen molar-refractivity contribution in [2.75, 3.05) is 13.4 Å². The van der Waals surface area contributed by atoms with Crippen LogP contribution in [0.1, 0.15) is 18.5 Å². The van der Waals surface area contributed by atoms with Gasteiger partial charge < -0.3 is 19.5 Å². The van der Waals surface area contributed by atoms with Gasteiger partial charge in [-0.05, 0) is 42.8 Å². The van der Waals surface area contributed by atoms with Gasteiger partial charge in [-0.15, -0.1) is 0 Å². The predicted molar refractivity (Wildman–Crippen MR) is 91.1 cm³/mol. The highest BCUT2D eigenvalue weighted by Gasteiger charge is 2.17. The maximum Gasteiger partial charge on any atom is 0.258 e. The molecule has 24 heavy (non-hydrogen) atoms. The van der Waals surface area contributed by atoms with Gasteiger partial charge in [0.2, 0.25) is 6.79 Å². The summed E-state index contributed by atoms with van der Waals surface area (Å²) in [4.78, 5) is 12.1. The van der Waals surface area contributed by atoms with Crippen LogP contribution in [-0.4, -0.2) is 19.3 Å². The first-order chi connectivity index (χ1) is 11.5. The highest BCUT2D eigenvalue weighted by molar-refractivity contribution is 6.35. The lowest BCUT2D eigenvalue weighted by atomic mass is 10.1. The Kier molecular flexibility index (Phi) is 5.02. The second kappa shape index (κ2) is 7.20. The van der Waals surface area contributed by atoms with E-state index in [1.165, 1.54) is 0 Å². The summed E-state index contributed by atoms with van der Waals surface area (Å²) in [5.41, 5.74) is 0.914. The molecule has 0 fully saturated rings. The lowest BCUT2D eigenvalue weighted by Gasteiger charge is -2.15. The zero-order chi connectivity index (χ0) is 17.1. The Bertz CT molecular complexity index is 766. The van der Waals surface area contributed by atoms with Crippen LogP contribution in [-0.2, 0) is 4.79 Å². The molecule has 7 heteroatoms. The van der Waals surface area contributed by atoms with Gasteiger partial charge in [0.05, 0.1) is 11.1 Å². The fourth-order valence-corrected chi connectivity index (χ4v) is 2.75. The minimum absolute atomic E-state index is 0.143. The van der Waals surface area contributed by atoms with Crippen LogP contribution in [0.15, 0.2) is 36.4 Å². The molecule has 1 aliphatic rings. The van der Waals surface area contributed by atoms with E-state index < -0.39 is 0 Å². The zero-order valence-corrected chi connectivity index (χ0v) is 14.4. The minimum atomic E-state index is -0.258. The molecule has 126 valence electrons. The molecule has 2 aromatic rings. The van der Waals surface area contributed by atoms with Gasteiger partial charge in [-0.1, -0.05) is 29.3 Å². The minimum Gasteiger partial charge on any atom is -0.482 e. The molecular formula is C17H15Cl2NO4. The molecular weight excluding hydrogens is 353 g/mol. The van der Waals surface area contributed by atoms with E-state index in [-0.39, 0.29) is 25.3 Å². The molecule has 0 bridgehead atoms. The smallest absolute Gasteiger partial charge is 0.258 e. The van der Waals surface area contributed by atoms with Gasteiger partial charge in [-0.3, -0.25) is 4.79 Å². The second-order valence-electron chi connectivity index (χ2n) is 5.27. The maximum atomic E-state index is 12.1. The number of rotatable bonds is 5. The lowest BCUT2D eigenvalue weighted by molar-refractivity contribution is -0.123. The van der Waals surface area contributed by atoms with E-state index in [2.05, 4.69) is 5.32 Å². The van der Waals surface area contributed by atoms with E-state index in [1.54, 1.807) is 18.2 Å². The number of amides is 1. The van der Waals surface area contributed by atoms with Crippen molar-refractivity contribution in [2.24, 2.45) is 0 Å². The Morgan fingerprint density at radius 2 is 2.00 bits per heavy atom. The Balaban J connectivity index is 1.56. The van der Waals surface area contributed by atoms with Crippen molar-refractivity contribution in [2.45, 2.75) is 13.0 Å². The molecule has 0 aromatic heterocycles. The third kappa shape index (κ3) is 3.86. The van der Waals surface area contributed by atoms with Gasteiger partial charge in [0, 0.05) is 5.02 Å². The van der Waals surface area contributed by atoms with E-state index in [1.807, 2.05) is 25.1 Å². The first kappa shape index (κ1) is 16.7. The lowest BCUT2D eigenvalue weighted by Crippen LogP contribution is -2.31. The Morgan fingerprint density at radius 1 is 1.21 bits per heavy atom. The van der Waals surface area contributed by atoms with Gasteiger partial charge in [-0.2, -0.15) is 0 Å². The quantitative estimate of drug-likeness (QED) is 0.868. The molecule has 0 aliphatic carbocycles. The van der Waals surface area contributed by atoms with Crippen LogP contribution in [0.5, 0.6) is 17.2 Å². The molecule has 0 saturated carbocycles. The molecule has 3 rings (SSSR count). The van der Waals surface area contributed by atoms with Gasteiger partial charge in [-0.25, -0.2) is 0 Å². The summed E-state index contributed by atoms with van der Waals surface area (Å²) < 4.78 is 16.0. The van der Waals surface area contributed by atoms with Crippen molar-refractivity contribution in [3.63, 3.8) is 0 Å². The number of benzene rings is 2. The zero-order valence-electron chi connectivity index (χ0n) is 12.8. The van der Waals surface area contributed by atoms with Crippen molar-refractivity contribution in [3.05, 3.63) is 52.0 Å². The van der Waals surface area contributed by atoms with Crippen LogP contribution >= 0.6 is 23.2 Å². The number of carbonyl (C=O) groups excluding carboxylic acids is 1. The van der Waals surface area contributed by atoms with Gasteiger partial charge in [0.25, 0.3) is 5.91 Å². The predicted octanol–water partition coefficient (Wildman–Crippen LogP) is 3.98. The summed E-state index contributed by atoms with van der Waals surface area (Å²) in [6.07, 6.45) is 0. The van der Waals surface area contributed by atoms with E-state index in [4.69, 9.17) is 37.4 Å². The molecule has 2 aromatic carbocycles. The standard InChI is InChI=1S/C17H15Cl2NO4/c1-10(11-2-4-15-16(6-11)24-9-23-15)20-17(21)8-22-14-5-3-12(18)7-13(14)19/h2-7,10H,8-9H2,1H3,(H,20,21). The average molecular weight is 368 g/mol. The van der Waals surface area contributed by atoms with Crippen molar-refractivity contribution < 1.29 is 19.0 Å². The Labute approximate surface area is 149 Å². The number of halogens is 2. The largest absolute Gasteiger partial charge is 0.482 e. The second-order valence-corrected chi connectivity index (χ2v) is 6.11. The molecule has 1 aliphatic heterocycles. The van der Waals surface area contributed by atoms with Crippen molar-refractivity contribution in [1.29, 1.82) is 0 Å². The number of hydrogen-bond donors (Lipinski definition) is 1. The van der Waals surface area contributed by atoms with Crippen LogP contribution in [0.25, 0.3) is 0 Å². The summed E-state index contributed by atoms with van der Waals surface area (Å²) in [6, 6.07) is 10.2. The summed E-state index contributed by atoms with van der Waals surface area (Å²) >= 11 is 11.8. The number of nitrogens with one attached hydrogen (secondary N) is 1. The molecule has 1 unspecified atom stereocenters. The fraction of sp³-hybridized carbons (Fsp3) is 0.235. The van der Waals surface area contributed by atoms with Crippen LogP contribution < -0.4 is 19.5 Å². The van der Waals surface area contributed by atoms with Crippen LogP contribution in [0, 0.1) is 0 Å². The van der Waals surface area contributed by atoms with E-state index in [9.17, 15) is 4.79 Å². The van der Waals surface area contributed by atoms with Gasteiger partial charge in [0.1, 0.15) is 5.75 Å². The van der Waals surface area contributed by atoms with Crippen molar-refractivity contribution in [1.82, 2.24) is 5.32 Å². The number of ether oxygens (including phenoxy) is 3. The molecule has 1 heterocycles. The first-order valence-corrected chi connectivity index (χ1v) is 8.05. The highest BCUT2D eigenvalue weighted by atomic mass is 35.5. The molecule has 5 nitrogen and oxygen atoms in total. The third-order valence-corrected chi connectivity index (χ3v) is 4.06. The third-order valence-electron chi connectivity index (χ3n) is 3.53. The van der Waals surface area contributed by atoms with Gasteiger partial charge in [0.15, 0.2) is 18.1 Å². The van der Waals surface area contributed by atoms with Gasteiger partial charge >= 0.3 is 0 Å². The molecule has 0 saturated heterocycles.